The summed E-state index contributed by atoms with van der Waals surface area (Å²) >= 11 is 3.30. The van der Waals surface area contributed by atoms with E-state index >= 15 is 0 Å². The van der Waals surface area contributed by atoms with Crippen LogP contribution in [0.25, 0.3) is 0 Å². The van der Waals surface area contributed by atoms with E-state index in [4.69, 9.17) is 9.47 Å². The first-order valence-electron chi connectivity index (χ1n) is 7.13. The van der Waals surface area contributed by atoms with Crippen LogP contribution in [0.5, 0.6) is 5.75 Å². The highest BCUT2D eigenvalue weighted by atomic mass is 79.9. The van der Waals surface area contributed by atoms with Crippen LogP contribution in [-0.2, 0) is 11.3 Å². The fourth-order valence-corrected chi connectivity index (χ4v) is 2.10. The number of carbonyl (C=O) groups is 1. The Bertz CT molecular complexity index is 665. The summed E-state index contributed by atoms with van der Waals surface area (Å²) in [5.41, 5.74) is 0. The van der Waals surface area contributed by atoms with E-state index in [1.807, 2.05) is 0 Å². The molecule has 0 aliphatic carbocycles. The average molecular weight is 387 g/mol. The van der Waals surface area contributed by atoms with E-state index in [0.29, 0.717) is 23.4 Å². The molecule has 0 fully saturated rings. The van der Waals surface area contributed by atoms with E-state index in [1.165, 1.54) is 16.9 Å². The molecular formula is C14H16BrFN4O3. The third-order valence-electron chi connectivity index (χ3n) is 2.81. The van der Waals surface area contributed by atoms with Gasteiger partial charge in [0.05, 0.1) is 24.2 Å². The van der Waals surface area contributed by atoms with Gasteiger partial charge in [-0.25, -0.2) is 9.18 Å². The van der Waals surface area contributed by atoms with Gasteiger partial charge >= 0.3 is 5.97 Å². The van der Waals surface area contributed by atoms with Gasteiger partial charge in [-0.2, -0.15) is 4.80 Å². The molecule has 2 rings (SSSR count). The van der Waals surface area contributed by atoms with Crippen molar-refractivity contribution in [3.63, 3.8) is 0 Å². The Labute approximate surface area is 140 Å². The highest BCUT2D eigenvalue weighted by Gasteiger charge is 2.13. The van der Waals surface area contributed by atoms with Crippen molar-refractivity contribution in [2.24, 2.45) is 0 Å². The number of esters is 1. The van der Waals surface area contributed by atoms with Crippen LogP contribution in [0.4, 0.5) is 4.39 Å². The molecular weight excluding hydrogens is 371 g/mol. The number of hydrogen-bond donors (Lipinski definition) is 0. The number of ether oxygens (including phenoxy) is 2. The molecule has 0 bridgehead atoms. The van der Waals surface area contributed by atoms with Gasteiger partial charge in [0, 0.05) is 6.07 Å². The van der Waals surface area contributed by atoms with Crippen LogP contribution in [0.3, 0.4) is 0 Å². The molecule has 0 spiro atoms. The van der Waals surface area contributed by atoms with Crippen molar-refractivity contribution in [2.75, 3.05) is 13.2 Å². The van der Waals surface area contributed by atoms with Crippen LogP contribution in [0, 0.1) is 5.82 Å². The standard InChI is InChI=1S/C14H16BrFN4O3/c1-2-22-14(21)13-17-19-20(18-13)7-3-4-8-23-12-9-10(16)5-6-11(12)15/h5-6,9H,2-4,7-8H2,1H3. The first kappa shape index (κ1) is 17.3. The largest absolute Gasteiger partial charge is 0.492 e. The van der Waals surface area contributed by atoms with Gasteiger partial charge in [0.25, 0.3) is 5.82 Å². The number of rotatable bonds is 8. The number of benzene rings is 1. The van der Waals surface area contributed by atoms with E-state index in [-0.39, 0.29) is 18.2 Å². The SMILES string of the molecule is CCOC(=O)c1nnn(CCCCOc2cc(F)ccc2Br)n1. The molecule has 124 valence electrons. The molecule has 7 nitrogen and oxygen atoms in total. The lowest BCUT2D eigenvalue weighted by Gasteiger charge is -2.07. The monoisotopic (exact) mass is 386 g/mol. The summed E-state index contributed by atoms with van der Waals surface area (Å²) in [6, 6.07) is 4.28. The summed E-state index contributed by atoms with van der Waals surface area (Å²) in [5.74, 6) is -0.514. The predicted octanol–water partition coefficient (Wildman–Crippen LogP) is 2.61. The summed E-state index contributed by atoms with van der Waals surface area (Å²) in [4.78, 5) is 12.7. The van der Waals surface area contributed by atoms with Gasteiger partial charge in [0.15, 0.2) is 0 Å². The Hall–Kier alpha value is -2.03. The zero-order valence-corrected chi connectivity index (χ0v) is 14.1. The third-order valence-corrected chi connectivity index (χ3v) is 3.47. The van der Waals surface area contributed by atoms with Crippen LogP contribution < -0.4 is 4.74 Å². The van der Waals surface area contributed by atoms with E-state index in [2.05, 4.69) is 31.3 Å². The smallest absolute Gasteiger partial charge is 0.380 e. The van der Waals surface area contributed by atoms with Gasteiger partial charge < -0.3 is 9.47 Å². The summed E-state index contributed by atoms with van der Waals surface area (Å²) in [7, 11) is 0. The van der Waals surface area contributed by atoms with Crippen molar-refractivity contribution in [2.45, 2.75) is 26.3 Å². The second-order valence-corrected chi connectivity index (χ2v) is 5.41. The molecule has 1 aromatic heterocycles. The topological polar surface area (TPSA) is 79.1 Å². The second kappa shape index (κ2) is 8.56. The van der Waals surface area contributed by atoms with Crippen molar-refractivity contribution in [3.05, 3.63) is 34.3 Å². The number of tetrazole rings is 1. The molecule has 1 aromatic carbocycles. The number of aromatic nitrogens is 4. The maximum Gasteiger partial charge on any atom is 0.380 e. The Morgan fingerprint density at radius 1 is 1.39 bits per heavy atom. The molecule has 0 atom stereocenters. The number of aryl methyl sites for hydroxylation is 1. The Kier molecular flexibility index (Phi) is 6.45. The molecule has 0 amide bonds. The maximum atomic E-state index is 13.1. The lowest BCUT2D eigenvalue weighted by atomic mass is 10.3. The minimum absolute atomic E-state index is 0.0493. The summed E-state index contributed by atoms with van der Waals surface area (Å²) in [6.45, 7) is 2.90. The third kappa shape index (κ3) is 5.27. The maximum absolute atomic E-state index is 13.1. The minimum atomic E-state index is -0.585. The molecule has 9 heteroatoms. The van der Waals surface area contributed by atoms with E-state index in [0.717, 1.165) is 12.8 Å². The van der Waals surface area contributed by atoms with E-state index in [1.54, 1.807) is 13.0 Å². The molecule has 0 saturated heterocycles. The van der Waals surface area contributed by atoms with Crippen LogP contribution >= 0.6 is 15.9 Å². The Morgan fingerprint density at radius 3 is 3.00 bits per heavy atom. The lowest BCUT2D eigenvalue weighted by Crippen LogP contribution is -2.09. The molecule has 0 N–H and O–H groups in total. The highest BCUT2D eigenvalue weighted by molar-refractivity contribution is 9.10. The quantitative estimate of drug-likeness (QED) is 0.512. The molecule has 2 aromatic rings. The van der Waals surface area contributed by atoms with E-state index < -0.39 is 5.97 Å². The predicted molar refractivity (Wildman–Crippen MR) is 82.6 cm³/mol. The number of halogens is 2. The Balaban J connectivity index is 1.71. The lowest BCUT2D eigenvalue weighted by molar-refractivity contribution is 0.0511. The van der Waals surface area contributed by atoms with Gasteiger partial charge in [-0.15, -0.1) is 10.2 Å². The summed E-state index contributed by atoms with van der Waals surface area (Å²) < 4.78 is 24.1. The molecule has 0 aliphatic heterocycles. The van der Waals surface area contributed by atoms with Crippen molar-refractivity contribution >= 4 is 21.9 Å². The molecule has 0 aliphatic rings. The van der Waals surface area contributed by atoms with Crippen LogP contribution in [0.15, 0.2) is 22.7 Å². The Morgan fingerprint density at radius 2 is 2.22 bits per heavy atom. The molecule has 23 heavy (non-hydrogen) atoms. The molecule has 1 heterocycles. The van der Waals surface area contributed by atoms with Gasteiger partial charge in [0.1, 0.15) is 11.6 Å². The zero-order chi connectivity index (χ0) is 16.7. The molecule has 0 saturated carbocycles. The van der Waals surface area contributed by atoms with Gasteiger partial charge in [-0.05, 0) is 53.0 Å². The van der Waals surface area contributed by atoms with Crippen LogP contribution in [0.2, 0.25) is 0 Å². The normalized spacial score (nSPS) is 10.6. The van der Waals surface area contributed by atoms with Gasteiger partial charge in [-0.3, -0.25) is 0 Å². The summed E-state index contributed by atoms with van der Waals surface area (Å²) in [6.07, 6.45) is 1.45. The first-order chi connectivity index (χ1) is 11.1. The number of carbonyl (C=O) groups excluding carboxylic acids is 1. The fraction of sp³-hybridized carbons (Fsp3) is 0.429. The zero-order valence-electron chi connectivity index (χ0n) is 12.5. The first-order valence-corrected chi connectivity index (χ1v) is 7.92. The minimum Gasteiger partial charge on any atom is -0.492 e. The molecule has 0 radical (unpaired) electrons. The van der Waals surface area contributed by atoms with Crippen molar-refractivity contribution in [1.82, 2.24) is 20.2 Å². The average Bonchev–Trinajstić information content (AvgIpc) is 2.99. The summed E-state index contributed by atoms with van der Waals surface area (Å²) in [5, 5.41) is 11.3. The van der Waals surface area contributed by atoms with Crippen molar-refractivity contribution in [1.29, 1.82) is 0 Å². The van der Waals surface area contributed by atoms with Crippen LogP contribution in [-0.4, -0.2) is 39.4 Å². The van der Waals surface area contributed by atoms with Gasteiger partial charge in [0.2, 0.25) is 0 Å². The number of hydrogen-bond acceptors (Lipinski definition) is 6. The van der Waals surface area contributed by atoms with Crippen molar-refractivity contribution in [3.8, 4) is 5.75 Å². The highest BCUT2D eigenvalue weighted by Crippen LogP contribution is 2.25. The second-order valence-electron chi connectivity index (χ2n) is 4.56. The van der Waals surface area contributed by atoms with Crippen LogP contribution in [0.1, 0.15) is 30.4 Å². The fourth-order valence-electron chi connectivity index (χ4n) is 1.74. The molecule has 0 unspecified atom stereocenters. The number of unbranched alkanes of at least 4 members (excludes halogenated alkanes) is 1. The van der Waals surface area contributed by atoms with E-state index in [9.17, 15) is 9.18 Å². The van der Waals surface area contributed by atoms with Gasteiger partial charge in [-0.1, -0.05) is 0 Å². The number of nitrogens with zero attached hydrogens (tertiary/aromatic N) is 4. The van der Waals surface area contributed by atoms with Crippen molar-refractivity contribution < 1.29 is 18.7 Å².